The smallest absolute Gasteiger partial charge is 0.243 e. The molecule has 1 aliphatic rings. The predicted octanol–water partition coefficient (Wildman–Crippen LogP) is 5.78. The molecule has 0 saturated carbocycles. The van der Waals surface area contributed by atoms with Crippen molar-refractivity contribution in [3.63, 3.8) is 0 Å². The van der Waals surface area contributed by atoms with Crippen LogP contribution in [0.2, 0.25) is 5.02 Å². The maximum Gasteiger partial charge on any atom is 0.243 e. The summed E-state index contributed by atoms with van der Waals surface area (Å²) in [6, 6.07) is 13.6. The van der Waals surface area contributed by atoms with Gasteiger partial charge in [0.1, 0.15) is 6.61 Å². The quantitative estimate of drug-likeness (QED) is 0.313. The predicted molar refractivity (Wildman–Crippen MR) is 144 cm³/mol. The van der Waals surface area contributed by atoms with E-state index >= 15 is 0 Å². The minimum absolute atomic E-state index is 0.0555. The highest BCUT2D eigenvalue weighted by Crippen LogP contribution is 2.34. The first-order chi connectivity index (χ1) is 17.7. The summed E-state index contributed by atoms with van der Waals surface area (Å²) in [5, 5.41) is 2.40. The molecule has 0 radical (unpaired) electrons. The summed E-state index contributed by atoms with van der Waals surface area (Å²) in [5.74, 6) is -0.629. The average molecular weight is 565 g/mol. The number of hydrogen-bond donors (Lipinski definition) is 0. The van der Waals surface area contributed by atoms with Gasteiger partial charge in [0.2, 0.25) is 15.9 Å². The SMILES string of the molecule is CC[C@H](C)CN(CC(=O)N1CCc2sccc2[C@@H]1COc1ccccc1F)S(=O)(=O)c1ccc(Cl)cc1. The second-order valence-electron chi connectivity index (χ2n) is 9.16. The number of sulfonamides is 1. The number of hydrogen-bond acceptors (Lipinski definition) is 5. The van der Waals surface area contributed by atoms with Gasteiger partial charge in [-0.05, 0) is 65.7 Å². The number of carbonyl (C=O) groups excluding carboxylic acids is 1. The van der Waals surface area contributed by atoms with Crippen LogP contribution in [0.1, 0.15) is 36.8 Å². The lowest BCUT2D eigenvalue weighted by molar-refractivity contribution is -0.135. The molecular weight excluding hydrogens is 535 g/mol. The lowest BCUT2D eigenvalue weighted by Crippen LogP contribution is -2.48. The van der Waals surface area contributed by atoms with Gasteiger partial charge in [0.05, 0.1) is 17.5 Å². The molecule has 0 bridgehead atoms. The Balaban J connectivity index is 1.59. The Morgan fingerprint density at radius 3 is 2.65 bits per heavy atom. The van der Waals surface area contributed by atoms with Crippen LogP contribution in [0.3, 0.4) is 0 Å². The van der Waals surface area contributed by atoms with Crippen LogP contribution in [0.25, 0.3) is 0 Å². The molecule has 2 heterocycles. The molecule has 2 atom stereocenters. The van der Waals surface area contributed by atoms with E-state index in [4.69, 9.17) is 16.3 Å². The summed E-state index contributed by atoms with van der Waals surface area (Å²) in [6.45, 7) is 4.34. The lowest BCUT2D eigenvalue weighted by Gasteiger charge is -2.37. The van der Waals surface area contributed by atoms with Gasteiger partial charge in [0.15, 0.2) is 11.6 Å². The summed E-state index contributed by atoms with van der Waals surface area (Å²) in [6.07, 6.45) is 1.44. The molecule has 1 amide bonds. The van der Waals surface area contributed by atoms with Crippen LogP contribution < -0.4 is 4.74 Å². The molecule has 0 aliphatic carbocycles. The Kier molecular flexibility index (Phi) is 8.90. The van der Waals surface area contributed by atoms with Gasteiger partial charge in [-0.25, -0.2) is 12.8 Å². The number of nitrogens with zero attached hydrogens (tertiary/aromatic N) is 2. The third-order valence-electron chi connectivity index (χ3n) is 6.62. The summed E-state index contributed by atoms with van der Waals surface area (Å²) in [5.41, 5.74) is 0.954. The Morgan fingerprint density at radius 2 is 1.95 bits per heavy atom. The second kappa shape index (κ2) is 11.9. The standard InChI is InChI=1S/C27H30ClFN2O4S2/c1-3-19(2)16-30(37(33,34)21-10-8-20(28)9-11-21)17-27(32)31-14-12-26-22(13-15-36-26)24(31)18-35-25-7-5-4-6-23(25)29/h4-11,13,15,19,24H,3,12,14,16-18H2,1-2H3/t19-,24-/m0/s1. The van der Waals surface area contributed by atoms with E-state index in [9.17, 15) is 17.6 Å². The summed E-state index contributed by atoms with van der Waals surface area (Å²) in [7, 11) is -3.94. The third-order valence-corrected chi connectivity index (χ3v) is 9.70. The molecule has 0 fully saturated rings. The van der Waals surface area contributed by atoms with E-state index < -0.39 is 21.9 Å². The van der Waals surface area contributed by atoms with Gasteiger partial charge in [-0.15, -0.1) is 11.3 Å². The Labute approximate surface area is 226 Å². The molecule has 2 aromatic carbocycles. The fraction of sp³-hybridized carbons (Fsp3) is 0.370. The molecule has 1 aliphatic heterocycles. The van der Waals surface area contributed by atoms with Crippen LogP contribution in [0, 0.1) is 11.7 Å². The maximum atomic E-state index is 14.2. The highest BCUT2D eigenvalue weighted by atomic mass is 35.5. The number of benzene rings is 2. The maximum absolute atomic E-state index is 14.2. The van der Waals surface area contributed by atoms with Crippen molar-refractivity contribution in [3.05, 3.63) is 81.3 Å². The summed E-state index contributed by atoms with van der Waals surface area (Å²) < 4.78 is 48.4. The molecule has 0 saturated heterocycles. The third kappa shape index (κ3) is 6.34. The number of amides is 1. The van der Waals surface area contributed by atoms with Gasteiger partial charge < -0.3 is 9.64 Å². The van der Waals surface area contributed by atoms with Gasteiger partial charge in [-0.2, -0.15) is 4.31 Å². The minimum Gasteiger partial charge on any atom is -0.488 e. The number of halogens is 2. The van der Waals surface area contributed by atoms with Gasteiger partial charge in [0.25, 0.3) is 0 Å². The first kappa shape index (κ1) is 27.6. The van der Waals surface area contributed by atoms with Crippen LogP contribution in [-0.4, -0.2) is 49.8 Å². The van der Waals surface area contributed by atoms with Crippen molar-refractivity contribution in [1.29, 1.82) is 0 Å². The molecule has 10 heteroatoms. The van der Waals surface area contributed by atoms with Crippen molar-refractivity contribution in [1.82, 2.24) is 9.21 Å². The zero-order valence-corrected chi connectivity index (χ0v) is 23.2. The van der Waals surface area contributed by atoms with Gasteiger partial charge in [-0.1, -0.05) is 44.0 Å². The summed E-state index contributed by atoms with van der Waals surface area (Å²) in [4.78, 5) is 16.6. The monoisotopic (exact) mass is 564 g/mol. The molecular formula is C27H30ClFN2O4S2. The fourth-order valence-corrected chi connectivity index (χ4v) is 6.89. The number of para-hydroxylation sites is 1. The normalized spacial score (nSPS) is 16.5. The van der Waals surface area contributed by atoms with E-state index in [0.717, 1.165) is 16.9 Å². The Hall–Kier alpha value is -2.46. The van der Waals surface area contributed by atoms with Crippen molar-refractivity contribution in [2.45, 2.75) is 37.6 Å². The van der Waals surface area contributed by atoms with Crippen molar-refractivity contribution in [2.75, 3.05) is 26.2 Å². The molecule has 0 unspecified atom stereocenters. The number of ether oxygens (including phenoxy) is 1. The Bertz CT molecular complexity index is 1330. The van der Waals surface area contributed by atoms with E-state index in [0.29, 0.717) is 18.0 Å². The van der Waals surface area contributed by atoms with Crippen molar-refractivity contribution < 1.29 is 22.3 Å². The number of rotatable bonds is 10. The molecule has 0 N–H and O–H groups in total. The van der Waals surface area contributed by atoms with E-state index in [1.165, 1.54) is 34.6 Å². The van der Waals surface area contributed by atoms with Crippen molar-refractivity contribution in [3.8, 4) is 5.75 Å². The molecule has 4 rings (SSSR count). The van der Waals surface area contributed by atoms with E-state index in [1.807, 2.05) is 25.3 Å². The van der Waals surface area contributed by atoms with Crippen LogP contribution in [0.15, 0.2) is 64.9 Å². The molecule has 37 heavy (non-hydrogen) atoms. The number of fused-ring (bicyclic) bond motifs is 1. The molecule has 198 valence electrons. The first-order valence-electron chi connectivity index (χ1n) is 12.2. The zero-order chi connectivity index (χ0) is 26.6. The zero-order valence-electron chi connectivity index (χ0n) is 20.8. The largest absolute Gasteiger partial charge is 0.488 e. The van der Waals surface area contributed by atoms with Crippen LogP contribution in [-0.2, 0) is 21.2 Å². The second-order valence-corrected chi connectivity index (χ2v) is 12.5. The molecule has 6 nitrogen and oxygen atoms in total. The average Bonchev–Trinajstić information content (AvgIpc) is 3.37. The lowest BCUT2D eigenvalue weighted by atomic mass is 10.0. The van der Waals surface area contributed by atoms with Gasteiger partial charge in [0, 0.05) is 23.0 Å². The van der Waals surface area contributed by atoms with Gasteiger partial charge >= 0.3 is 0 Å². The molecule has 0 spiro atoms. The number of thiophene rings is 1. The Morgan fingerprint density at radius 1 is 1.22 bits per heavy atom. The van der Waals surface area contributed by atoms with E-state index in [1.54, 1.807) is 34.4 Å². The van der Waals surface area contributed by atoms with Crippen LogP contribution >= 0.6 is 22.9 Å². The molecule has 1 aromatic heterocycles. The van der Waals surface area contributed by atoms with Crippen LogP contribution in [0.4, 0.5) is 4.39 Å². The highest BCUT2D eigenvalue weighted by Gasteiger charge is 2.35. The van der Waals surface area contributed by atoms with Crippen molar-refractivity contribution in [2.24, 2.45) is 5.92 Å². The highest BCUT2D eigenvalue weighted by molar-refractivity contribution is 7.89. The number of carbonyl (C=O) groups is 1. The fourth-order valence-electron chi connectivity index (χ4n) is 4.33. The van der Waals surface area contributed by atoms with Crippen LogP contribution in [0.5, 0.6) is 5.75 Å². The van der Waals surface area contributed by atoms with Crippen molar-refractivity contribution >= 4 is 38.9 Å². The molecule has 3 aromatic rings. The van der Waals surface area contributed by atoms with E-state index in [2.05, 4.69) is 0 Å². The van der Waals surface area contributed by atoms with Gasteiger partial charge in [-0.3, -0.25) is 4.79 Å². The topological polar surface area (TPSA) is 66.9 Å². The minimum atomic E-state index is -3.94. The summed E-state index contributed by atoms with van der Waals surface area (Å²) >= 11 is 7.57. The first-order valence-corrected chi connectivity index (χ1v) is 14.9. The van der Waals surface area contributed by atoms with E-state index in [-0.39, 0.29) is 42.2 Å².